The zero-order chi connectivity index (χ0) is 60.7. The number of nitrogens with one attached hydrogen (secondary N) is 1. The van der Waals surface area contributed by atoms with Crippen LogP contribution in [0.3, 0.4) is 0 Å². The lowest BCUT2D eigenvalue weighted by atomic mass is 10.0. The summed E-state index contributed by atoms with van der Waals surface area (Å²) in [6, 6.07) is -0.897. The number of rotatable bonds is 63. The van der Waals surface area contributed by atoms with Crippen molar-refractivity contribution in [3.05, 3.63) is 85.1 Å². The maximum atomic E-state index is 13.6. The van der Waals surface area contributed by atoms with Gasteiger partial charge in [-0.1, -0.05) is 280 Å². The molecular weight excluding hydrogens is 1050 g/mol. The summed E-state index contributed by atoms with van der Waals surface area (Å²) >= 11 is 0. The number of allylic oxidation sites excluding steroid dienone is 13. The van der Waals surface area contributed by atoms with Crippen LogP contribution in [0.2, 0.25) is 0 Å². The van der Waals surface area contributed by atoms with Crippen LogP contribution in [0.1, 0.15) is 316 Å². The van der Waals surface area contributed by atoms with E-state index in [4.69, 9.17) is 13.8 Å². The van der Waals surface area contributed by atoms with E-state index < -0.39 is 26.6 Å². The Labute approximate surface area is 514 Å². The summed E-state index contributed by atoms with van der Waals surface area (Å²) in [6.45, 7) is 6.80. The molecule has 0 spiro atoms. The van der Waals surface area contributed by atoms with Crippen LogP contribution in [0.4, 0.5) is 0 Å². The molecule has 0 rings (SSSR count). The molecule has 3 atom stereocenters. The SMILES string of the molecule is CCCCC/C=C\C/C=C\C/C=C\CCCCCCCCCCCCCCC(=O)NC(COP(=O)([O-])OCC[N+](C)(C)C)C(/C=C\CCCCCCCCCCC)OC(=O)CCCCCCCCCC/C=C\C/C=C\C/C=C\CCCCC. The summed E-state index contributed by atoms with van der Waals surface area (Å²) in [5.41, 5.74) is 0. The van der Waals surface area contributed by atoms with Gasteiger partial charge in [-0.2, -0.15) is 0 Å². The summed E-state index contributed by atoms with van der Waals surface area (Å²) in [5, 5.41) is 3.04. The molecule has 9 nitrogen and oxygen atoms in total. The predicted molar refractivity (Wildman–Crippen MR) is 358 cm³/mol. The largest absolute Gasteiger partial charge is 0.756 e. The van der Waals surface area contributed by atoms with Crippen LogP contribution in [0, 0.1) is 0 Å². The van der Waals surface area contributed by atoms with Crippen LogP contribution in [-0.2, 0) is 27.9 Å². The van der Waals surface area contributed by atoms with E-state index in [-0.39, 0.29) is 24.9 Å². The Morgan fingerprint density at radius 1 is 0.422 bits per heavy atom. The minimum Gasteiger partial charge on any atom is -0.756 e. The minimum atomic E-state index is -4.71. The van der Waals surface area contributed by atoms with Crippen LogP contribution in [0.15, 0.2) is 85.1 Å². The Balaban J connectivity index is 5.06. The Morgan fingerprint density at radius 2 is 0.735 bits per heavy atom. The van der Waals surface area contributed by atoms with E-state index in [2.05, 4.69) is 99.0 Å². The van der Waals surface area contributed by atoms with Crippen LogP contribution in [0.25, 0.3) is 0 Å². The summed E-state index contributed by atoms with van der Waals surface area (Å²) < 4.78 is 30.4. The second-order valence-electron chi connectivity index (χ2n) is 24.7. The van der Waals surface area contributed by atoms with Crippen molar-refractivity contribution in [1.82, 2.24) is 5.32 Å². The quantitative estimate of drug-likeness (QED) is 0.0212. The molecule has 0 fully saturated rings. The number of likely N-dealkylation sites (N-methyl/N-ethyl adjacent to an activating group) is 1. The molecule has 0 aromatic heterocycles. The van der Waals surface area contributed by atoms with E-state index in [9.17, 15) is 19.0 Å². The number of hydrogen-bond acceptors (Lipinski definition) is 7. The van der Waals surface area contributed by atoms with Gasteiger partial charge in [-0.15, -0.1) is 0 Å². The summed E-state index contributed by atoms with van der Waals surface area (Å²) in [4.78, 5) is 40.1. The van der Waals surface area contributed by atoms with Gasteiger partial charge in [0.25, 0.3) is 7.82 Å². The topological polar surface area (TPSA) is 114 Å². The highest BCUT2D eigenvalue weighted by atomic mass is 31.2. The summed E-state index contributed by atoms with van der Waals surface area (Å²) in [6.07, 6.45) is 82.7. The molecule has 482 valence electrons. The highest BCUT2D eigenvalue weighted by Crippen LogP contribution is 2.38. The van der Waals surface area contributed by atoms with Crippen molar-refractivity contribution < 1.29 is 37.3 Å². The average molecular weight is 1180 g/mol. The maximum Gasteiger partial charge on any atom is 0.306 e. The van der Waals surface area contributed by atoms with Gasteiger partial charge >= 0.3 is 5.97 Å². The number of hydrogen-bond donors (Lipinski definition) is 1. The van der Waals surface area contributed by atoms with E-state index >= 15 is 0 Å². The molecule has 0 saturated heterocycles. The molecule has 0 aliphatic carbocycles. The molecule has 0 aromatic rings. The number of carbonyl (C=O) groups excluding carboxylic acids is 2. The number of esters is 1. The van der Waals surface area contributed by atoms with Crippen molar-refractivity contribution in [3.63, 3.8) is 0 Å². The molecular formula is C73H133N2O7P. The zero-order valence-corrected chi connectivity index (χ0v) is 56.0. The number of nitrogens with zero attached hydrogens (tertiary/aromatic N) is 1. The van der Waals surface area contributed by atoms with E-state index in [1.165, 1.54) is 186 Å². The lowest BCUT2D eigenvalue weighted by Gasteiger charge is -2.30. The number of phosphoric ester groups is 1. The fourth-order valence-electron chi connectivity index (χ4n) is 9.89. The number of carbonyl (C=O) groups is 2. The molecule has 3 unspecified atom stereocenters. The number of ether oxygens (including phenoxy) is 1. The number of unbranched alkanes of at least 4 members (excludes halogenated alkanes) is 35. The van der Waals surface area contributed by atoms with Crippen LogP contribution >= 0.6 is 7.82 Å². The molecule has 0 radical (unpaired) electrons. The van der Waals surface area contributed by atoms with Gasteiger partial charge < -0.3 is 28.5 Å². The molecule has 0 aliphatic rings. The number of phosphoric acid groups is 1. The van der Waals surface area contributed by atoms with Gasteiger partial charge in [-0.3, -0.25) is 14.2 Å². The Bertz CT molecular complexity index is 1700. The first-order chi connectivity index (χ1) is 40.4. The fourth-order valence-corrected chi connectivity index (χ4v) is 10.6. The molecule has 0 saturated carbocycles. The molecule has 0 bridgehead atoms. The van der Waals surface area contributed by atoms with E-state index in [1.54, 1.807) is 0 Å². The maximum absolute atomic E-state index is 13.6. The number of amides is 1. The molecule has 0 heterocycles. The van der Waals surface area contributed by atoms with E-state index in [1.807, 2.05) is 33.3 Å². The Morgan fingerprint density at radius 3 is 1.12 bits per heavy atom. The van der Waals surface area contributed by atoms with Gasteiger partial charge in [-0.25, -0.2) is 0 Å². The van der Waals surface area contributed by atoms with Crippen LogP contribution < -0.4 is 10.2 Å². The number of quaternary nitrogens is 1. The van der Waals surface area contributed by atoms with Crippen molar-refractivity contribution in [2.75, 3.05) is 40.9 Å². The lowest BCUT2D eigenvalue weighted by Crippen LogP contribution is -2.47. The predicted octanol–water partition coefficient (Wildman–Crippen LogP) is 21.5. The van der Waals surface area contributed by atoms with E-state index in [0.717, 1.165) is 96.3 Å². The normalized spacial score (nSPS) is 14.1. The van der Waals surface area contributed by atoms with Gasteiger partial charge in [0.2, 0.25) is 5.91 Å². The smallest absolute Gasteiger partial charge is 0.306 e. The van der Waals surface area contributed by atoms with Gasteiger partial charge in [0.05, 0.1) is 33.8 Å². The third-order valence-electron chi connectivity index (χ3n) is 15.3. The first kappa shape index (κ1) is 80.2. The third-order valence-corrected chi connectivity index (χ3v) is 16.3. The second kappa shape index (κ2) is 62.2. The third kappa shape index (κ3) is 63.5. The summed E-state index contributed by atoms with van der Waals surface area (Å²) in [7, 11) is 1.18. The molecule has 0 aromatic carbocycles. The first-order valence-electron chi connectivity index (χ1n) is 34.9. The molecule has 0 aliphatic heterocycles. The van der Waals surface area contributed by atoms with Crippen LogP contribution in [0.5, 0.6) is 0 Å². The van der Waals surface area contributed by atoms with Crippen LogP contribution in [-0.4, -0.2) is 69.4 Å². The Hall–Kier alpha value is -2.81. The zero-order valence-electron chi connectivity index (χ0n) is 55.1. The van der Waals surface area contributed by atoms with Crippen molar-refractivity contribution >= 4 is 19.7 Å². The summed E-state index contributed by atoms with van der Waals surface area (Å²) in [5.74, 6) is -0.547. The average Bonchev–Trinajstić information content (AvgIpc) is 3.51. The molecule has 10 heteroatoms. The van der Waals surface area contributed by atoms with Gasteiger partial charge in [0, 0.05) is 12.8 Å². The highest BCUT2D eigenvalue weighted by molar-refractivity contribution is 7.45. The second-order valence-corrected chi connectivity index (χ2v) is 26.1. The van der Waals surface area contributed by atoms with Gasteiger partial charge in [0.1, 0.15) is 19.3 Å². The monoisotopic (exact) mass is 1180 g/mol. The Kier molecular flexibility index (Phi) is 60.1. The molecule has 83 heavy (non-hydrogen) atoms. The van der Waals surface area contributed by atoms with Gasteiger partial charge in [0.15, 0.2) is 0 Å². The molecule has 1 amide bonds. The first-order valence-corrected chi connectivity index (χ1v) is 36.4. The highest BCUT2D eigenvalue weighted by Gasteiger charge is 2.27. The fraction of sp³-hybridized carbons (Fsp3) is 0.781. The van der Waals surface area contributed by atoms with Crippen molar-refractivity contribution in [1.29, 1.82) is 0 Å². The van der Waals surface area contributed by atoms with Crippen molar-refractivity contribution in [3.8, 4) is 0 Å². The molecule has 1 N–H and O–H groups in total. The standard InChI is InChI=1S/C73H133N2O7P/c1-7-10-13-16-19-22-25-27-29-31-33-35-36-37-38-40-41-43-45-47-50-53-56-59-62-65-72(76)74-70(69-81-83(78,79)80-68-67-75(4,5)6)71(64-61-58-55-52-49-24-21-18-15-12-9-3)82-73(77)66-63-60-57-54-51-48-46-44-42-39-34-32-30-28-26-23-20-17-14-11-8-2/h19-20,22-23,27-30,33-35,39,61,64,70-71H,7-18,21,24-26,31-32,36-38,40-60,62-63,65-69H2,1-6H3,(H-,74,76,78,79)/b22-19-,23-20-,29-27-,30-28-,35-33-,39-34-,64-61-. The van der Waals surface area contributed by atoms with Gasteiger partial charge in [-0.05, 0) is 109 Å². The van der Waals surface area contributed by atoms with Crippen molar-refractivity contribution in [2.45, 2.75) is 328 Å². The van der Waals surface area contributed by atoms with Crippen molar-refractivity contribution in [2.24, 2.45) is 0 Å². The lowest BCUT2D eigenvalue weighted by molar-refractivity contribution is -0.870. The minimum absolute atomic E-state index is 0.0264. The van der Waals surface area contributed by atoms with E-state index in [0.29, 0.717) is 17.4 Å².